The average molecular weight is 1470 g/mol. The van der Waals surface area contributed by atoms with Gasteiger partial charge in [0.15, 0.2) is 34.9 Å². The molecule has 0 fully saturated rings. The fourth-order valence-electron chi connectivity index (χ4n) is 15.8. The topological polar surface area (TPSA) is 113 Å². The van der Waals surface area contributed by atoms with Crippen molar-refractivity contribution in [3.05, 3.63) is 376 Å². The van der Waals surface area contributed by atoms with Gasteiger partial charge in [-0.05, 0) is 90.0 Å². The van der Waals surface area contributed by atoms with Crippen LogP contribution in [0.4, 0.5) is 0 Å². The van der Waals surface area contributed by atoms with Gasteiger partial charge in [-0.25, -0.2) is 29.9 Å². The lowest BCUT2D eigenvalue weighted by Gasteiger charge is -2.14. The minimum Gasteiger partial charge on any atom is -0.309 e. The SMILES string of the molecule is c1ccc(-c2cnc(-c3ccc4sc5c(ccc6c5c5ccccc5n6-c5ccccc5)c4c3)c(-c3nc(-c4ccccc4)nc(-c4ccccc4)n3)c2)cc1.c1ccc(-c2cnc(-c3cccc4sc5c(ccc6c5c5ccccc5n6-c5ccccc5)c34)c(-c3nc(-c4ccccc4)nc(-c4ccccc4)n3)c2)cc1. The molecule has 0 atom stereocenters. The van der Waals surface area contributed by atoms with Crippen LogP contribution >= 0.6 is 22.7 Å². The molecule has 22 aromatic rings. The number of hydrogen-bond donors (Lipinski definition) is 0. The standard InChI is InChI=1S/2C50H31N5S/c1-5-16-32(17-6-1)35-30-40(50-53-48(33-18-7-2-8-19-33)52-49(54-50)34-20-9-3-10-21-34)46(51-31-35)38-25-15-27-43-44(38)39-28-29-42-45(47(39)56-43)37-24-13-14-26-41(37)55(42)36-22-11-4-12-23-36;1-5-15-32(16-6-1)36-30-41(50-53-48(33-17-7-2-8-18-33)52-49(54-50)34-19-9-3-10-20-34)46(51-31-36)35-25-28-44-40(29-35)38-26-27-43-45(47(38)56-44)39-23-13-14-24-42(39)55(43)37-21-11-4-12-22-37/h2*1-31H. The first-order valence-electron chi connectivity index (χ1n) is 37.3. The van der Waals surface area contributed by atoms with Crippen LogP contribution in [0, 0.1) is 0 Å². The van der Waals surface area contributed by atoms with Crippen LogP contribution in [0.3, 0.4) is 0 Å². The monoisotopic (exact) mass is 1470 g/mol. The molecule has 0 aliphatic rings. The molecule has 0 N–H and O–H groups in total. The molecular weight excluding hydrogens is 1410 g/mol. The second kappa shape index (κ2) is 27.9. The van der Waals surface area contributed by atoms with E-state index in [0.29, 0.717) is 34.9 Å². The Kier molecular flexibility index (Phi) is 16.4. The van der Waals surface area contributed by atoms with Gasteiger partial charge in [0.05, 0.1) is 33.5 Å². The molecule has 0 saturated heterocycles. The summed E-state index contributed by atoms with van der Waals surface area (Å²) < 4.78 is 9.74. The van der Waals surface area contributed by atoms with Crippen LogP contribution in [0.5, 0.6) is 0 Å². The quantitative estimate of drug-likeness (QED) is 0.119. The number of benzene rings is 14. The van der Waals surface area contributed by atoms with E-state index in [2.05, 4.69) is 240 Å². The van der Waals surface area contributed by atoms with Crippen molar-refractivity contribution in [2.45, 2.75) is 0 Å². The highest BCUT2D eigenvalue weighted by atomic mass is 32.1. The van der Waals surface area contributed by atoms with Gasteiger partial charge >= 0.3 is 0 Å². The zero-order valence-electron chi connectivity index (χ0n) is 60.1. The van der Waals surface area contributed by atoms with E-state index in [9.17, 15) is 0 Å². The van der Waals surface area contributed by atoms with E-state index in [-0.39, 0.29) is 0 Å². The van der Waals surface area contributed by atoms with Gasteiger partial charge in [-0.15, -0.1) is 22.7 Å². The molecule has 112 heavy (non-hydrogen) atoms. The molecule has 0 amide bonds. The second-order valence-corrected chi connectivity index (χ2v) is 29.8. The number of pyridine rings is 2. The minimum atomic E-state index is 0.572. The summed E-state index contributed by atoms with van der Waals surface area (Å²) in [4.78, 5) is 41.2. The van der Waals surface area contributed by atoms with E-state index in [1.54, 1.807) is 0 Å². The van der Waals surface area contributed by atoms with Crippen LogP contribution in [0.25, 0.3) is 208 Å². The summed E-state index contributed by atoms with van der Waals surface area (Å²) in [7, 11) is 0. The minimum absolute atomic E-state index is 0.572. The Morgan fingerprint density at radius 2 is 0.580 bits per heavy atom. The van der Waals surface area contributed by atoms with E-state index in [0.717, 1.165) is 89.5 Å². The van der Waals surface area contributed by atoms with Gasteiger partial charge in [-0.2, -0.15) is 0 Å². The molecule has 0 saturated carbocycles. The van der Waals surface area contributed by atoms with E-state index in [1.165, 1.54) is 84.0 Å². The third kappa shape index (κ3) is 11.6. The highest BCUT2D eigenvalue weighted by Crippen LogP contribution is 2.49. The molecule has 0 unspecified atom stereocenters. The van der Waals surface area contributed by atoms with Crippen molar-refractivity contribution in [1.82, 2.24) is 49.0 Å². The van der Waals surface area contributed by atoms with Crippen LogP contribution in [0.2, 0.25) is 0 Å². The number of hydrogen-bond acceptors (Lipinski definition) is 10. The van der Waals surface area contributed by atoms with Gasteiger partial charge < -0.3 is 9.13 Å². The maximum absolute atomic E-state index is 5.30. The molecule has 524 valence electrons. The lowest BCUT2D eigenvalue weighted by atomic mass is 9.96. The first kappa shape index (κ1) is 65.7. The molecule has 10 nitrogen and oxygen atoms in total. The predicted octanol–water partition coefficient (Wildman–Crippen LogP) is 26.1. The Balaban J connectivity index is 0.000000141. The summed E-state index contributed by atoms with van der Waals surface area (Å²) in [5, 5.41) is 9.84. The summed E-state index contributed by atoms with van der Waals surface area (Å²) in [6, 6.07) is 127. The van der Waals surface area contributed by atoms with Gasteiger partial charge in [0.25, 0.3) is 0 Å². The number of nitrogens with zero attached hydrogens (tertiary/aromatic N) is 10. The summed E-state index contributed by atoms with van der Waals surface area (Å²) >= 11 is 3.69. The highest BCUT2D eigenvalue weighted by Gasteiger charge is 2.26. The second-order valence-electron chi connectivity index (χ2n) is 27.7. The van der Waals surface area contributed by atoms with Gasteiger partial charge in [0.1, 0.15) is 0 Å². The molecule has 8 aromatic heterocycles. The summed E-state index contributed by atoms with van der Waals surface area (Å²) in [6.45, 7) is 0. The van der Waals surface area contributed by atoms with Crippen LogP contribution in [0.1, 0.15) is 0 Å². The largest absolute Gasteiger partial charge is 0.309 e. The number of thiophene rings is 2. The Labute approximate surface area is 652 Å². The molecule has 0 spiro atoms. The molecule has 8 heterocycles. The third-order valence-electron chi connectivity index (χ3n) is 21.0. The molecule has 22 rings (SSSR count). The number of fused-ring (bicyclic) bond motifs is 14. The van der Waals surface area contributed by atoms with E-state index in [1.807, 2.05) is 169 Å². The molecule has 0 bridgehead atoms. The first-order valence-corrected chi connectivity index (χ1v) is 38.9. The summed E-state index contributed by atoms with van der Waals surface area (Å²) in [5.74, 6) is 3.60. The van der Waals surface area contributed by atoms with Crippen LogP contribution in [-0.2, 0) is 0 Å². The first-order chi connectivity index (χ1) is 55.5. The normalized spacial score (nSPS) is 11.6. The highest BCUT2D eigenvalue weighted by molar-refractivity contribution is 7.27. The summed E-state index contributed by atoms with van der Waals surface area (Å²) in [5.41, 5.74) is 20.3. The average Bonchev–Trinajstić information content (AvgIpc) is 1.56. The molecule has 12 heteroatoms. The van der Waals surface area contributed by atoms with Crippen molar-refractivity contribution >= 4 is 107 Å². The third-order valence-corrected chi connectivity index (χ3v) is 23.4. The van der Waals surface area contributed by atoms with Crippen molar-refractivity contribution in [1.29, 1.82) is 0 Å². The van der Waals surface area contributed by atoms with E-state index >= 15 is 0 Å². The van der Waals surface area contributed by atoms with Crippen molar-refractivity contribution in [2.24, 2.45) is 0 Å². The van der Waals surface area contributed by atoms with Crippen LogP contribution in [-0.4, -0.2) is 49.0 Å². The number of rotatable bonds is 12. The zero-order chi connectivity index (χ0) is 74.0. The lowest BCUT2D eigenvalue weighted by Crippen LogP contribution is -2.02. The zero-order valence-corrected chi connectivity index (χ0v) is 61.7. The number of aromatic nitrogens is 10. The molecule has 0 radical (unpaired) electrons. The Morgan fingerprint density at radius 1 is 0.205 bits per heavy atom. The molecule has 14 aromatic carbocycles. The maximum Gasteiger partial charge on any atom is 0.166 e. The van der Waals surface area contributed by atoms with E-state index in [4.69, 9.17) is 39.9 Å². The van der Waals surface area contributed by atoms with E-state index < -0.39 is 0 Å². The van der Waals surface area contributed by atoms with Gasteiger partial charge in [0, 0.05) is 141 Å². The Bertz CT molecular complexity index is 7220. The predicted molar refractivity (Wildman–Crippen MR) is 464 cm³/mol. The smallest absolute Gasteiger partial charge is 0.166 e. The van der Waals surface area contributed by atoms with Gasteiger partial charge in [0.2, 0.25) is 0 Å². The molecule has 0 aliphatic heterocycles. The Morgan fingerprint density at radius 3 is 1.04 bits per heavy atom. The molecule has 0 aliphatic carbocycles. The van der Waals surface area contributed by atoms with Crippen LogP contribution in [0.15, 0.2) is 376 Å². The fraction of sp³-hybridized carbons (Fsp3) is 0. The fourth-order valence-corrected chi connectivity index (χ4v) is 18.4. The molecular formula is C100H62N10S2. The summed E-state index contributed by atoms with van der Waals surface area (Å²) in [6.07, 6.45) is 3.94. The van der Waals surface area contributed by atoms with Crippen LogP contribution < -0.4 is 0 Å². The van der Waals surface area contributed by atoms with Gasteiger partial charge in [-0.3, -0.25) is 9.97 Å². The van der Waals surface area contributed by atoms with Gasteiger partial charge in [-0.1, -0.05) is 285 Å². The lowest BCUT2D eigenvalue weighted by molar-refractivity contribution is 1.07. The Hall–Kier alpha value is -14.6. The van der Waals surface area contributed by atoms with Crippen molar-refractivity contribution in [3.63, 3.8) is 0 Å². The van der Waals surface area contributed by atoms with Crippen molar-refractivity contribution < 1.29 is 0 Å². The van der Waals surface area contributed by atoms with Crippen molar-refractivity contribution in [2.75, 3.05) is 0 Å². The van der Waals surface area contributed by atoms with Crippen molar-refractivity contribution in [3.8, 4) is 124 Å². The maximum atomic E-state index is 5.30. The number of para-hydroxylation sites is 4.